The van der Waals surface area contributed by atoms with Crippen molar-refractivity contribution in [2.45, 2.75) is 76.3 Å². The number of alkyl carbamates (subject to hydrolysis) is 1. The lowest BCUT2D eigenvalue weighted by atomic mass is 10.0. The molecule has 3 heterocycles. The Balaban J connectivity index is 1.32. The van der Waals surface area contributed by atoms with Gasteiger partial charge in [-0.15, -0.1) is 0 Å². The van der Waals surface area contributed by atoms with Gasteiger partial charge in [0.25, 0.3) is 0 Å². The first-order valence-corrected chi connectivity index (χ1v) is 13.5. The van der Waals surface area contributed by atoms with Crippen LogP contribution in [0.5, 0.6) is 0 Å². The van der Waals surface area contributed by atoms with Gasteiger partial charge in [-0.2, -0.15) is 5.26 Å². The average Bonchev–Trinajstić information content (AvgIpc) is 3.19. The molecule has 3 unspecified atom stereocenters. The second-order valence-corrected chi connectivity index (χ2v) is 12.0. The monoisotopic (exact) mass is 537 g/mol. The number of hydrogen-bond donors (Lipinski definition) is 2. The zero-order valence-corrected chi connectivity index (χ0v) is 22.7. The van der Waals surface area contributed by atoms with E-state index in [1.807, 2.05) is 16.7 Å². The number of carbonyl (C=O) groups is 4. The maximum absolute atomic E-state index is 13.7. The van der Waals surface area contributed by atoms with Crippen molar-refractivity contribution in [2.75, 3.05) is 19.6 Å². The van der Waals surface area contributed by atoms with Gasteiger partial charge in [-0.25, -0.2) is 9.59 Å². The third-order valence-corrected chi connectivity index (χ3v) is 8.37. The van der Waals surface area contributed by atoms with E-state index in [2.05, 4.69) is 11.4 Å². The summed E-state index contributed by atoms with van der Waals surface area (Å²) in [5, 5.41) is 21.4. The minimum atomic E-state index is -0.999. The summed E-state index contributed by atoms with van der Waals surface area (Å²) in [5.41, 5.74) is 0.311. The molecule has 3 saturated heterocycles. The fourth-order valence-corrected chi connectivity index (χ4v) is 6.61. The van der Waals surface area contributed by atoms with Crippen LogP contribution in [0, 0.1) is 23.2 Å². The molecule has 1 saturated carbocycles. The van der Waals surface area contributed by atoms with Crippen molar-refractivity contribution in [2.24, 2.45) is 11.8 Å². The molecule has 0 radical (unpaired) electrons. The lowest BCUT2D eigenvalue weighted by Gasteiger charge is -2.32. The summed E-state index contributed by atoms with van der Waals surface area (Å²) in [5.74, 6) is -0.913. The molecule has 5 rings (SSSR count). The molecule has 7 atom stereocenters. The molecule has 39 heavy (non-hydrogen) atoms. The first-order chi connectivity index (χ1) is 18.4. The summed E-state index contributed by atoms with van der Waals surface area (Å²) in [7, 11) is 0. The van der Waals surface area contributed by atoms with E-state index in [1.165, 1.54) is 4.90 Å². The second-order valence-electron chi connectivity index (χ2n) is 12.0. The van der Waals surface area contributed by atoms with Crippen molar-refractivity contribution in [3.63, 3.8) is 0 Å². The number of ether oxygens (including phenoxy) is 1. The van der Waals surface area contributed by atoms with Crippen LogP contribution in [-0.2, 0) is 14.3 Å². The van der Waals surface area contributed by atoms with Crippen LogP contribution in [-0.4, -0.2) is 93.1 Å². The van der Waals surface area contributed by atoms with Gasteiger partial charge >= 0.3 is 12.1 Å². The number of rotatable bonds is 7. The quantitative estimate of drug-likeness (QED) is 0.538. The fraction of sp³-hybridized carbons (Fsp3) is 0.607. The van der Waals surface area contributed by atoms with Crippen molar-refractivity contribution in [3.05, 3.63) is 35.4 Å². The number of hydrogen-bond acceptors (Lipinski definition) is 7. The largest absolute Gasteiger partial charge is 0.478 e. The highest BCUT2D eigenvalue weighted by atomic mass is 16.6. The Bertz CT molecular complexity index is 1220. The first-order valence-electron chi connectivity index (χ1n) is 13.5. The number of carboxylic acid groups (broad SMARTS) is 1. The van der Waals surface area contributed by atoms with Gasteiger partial charge in [0.15, 0.2) is 0 Å². The molecule has 0 aromatic heterocycles. The summed E-state index contributed by atoms with van der Waals surface area (Å²) in [6.45, 7) is 8.41. The highest BCUT2D eigenvalue weighted by Crippen LogP contribution is 2.60. The van der Waals surface area contributed by atoms with Crippen molar-refractivity contribution in [1.29, 1.82) is 5.26 Å². The van der Waals surface area contributed by atoms with Gasteiger partial charge < -0.3 is 25.0 Å². The number of nitrogens with zero attached hydrogens (tertiary/aromatic N) is 4. The van der Waals surface area contributed by atoms with E-state index in [1.54, 1.807) is 45.0 Å². The number of nitriles is 1. The predicted molar refractivity (Wildman–Crippen MR) is 138 cm³/mol. The standard InChI is InChI=1S/C28H35N5O6/c1-15(16-7-9-17(10-8-16)26(36)37)33-22-19-13-31(23(21(19)22)25(33)35)14-20(30-27(38)39-28(2,3)4)24(34)32-11-5-6-18(32)12-29/h7-10,15,18-23H,5-6,11,13-14H2,1-4H3,(H,30,38)(H,36,37)/t15-,18?,19?,20-,21-,22?,23-/m0/s1. The van der Waals surface area contributed by atoms with E-state index in [-0.39, 0.29) is 53.9 Å². The van der Waals surface area contributed by atoms with Crippen LogP contribution in [0.2, 0.25) is 0 Å². The highest BCUT2D eigenvalue weighted by molar-refractivity contribution is 5.90. The maximum atomic E-state index is 13.7. The van der Waals surface area contributed by atoms with E-state index in [9.17, 15) is 29.5 Å². The number of amides is 3. The smallest absolute Gasteiger partial charge is 0.408 e. The molecule has 4 aliphatic rings. The summed E-state index contributed by atoms with van der Waals surface area (Å²) in [6.07, 6.45) is 0.604. The number of benzene rings is 1. The van der Waals surface area contributed by atoms with Crippen molar-refractivity contribution in [3.8, 4) is 6.07 Å². The minimum absolute atomic E-state index is 0.0203. The minimum Gasteiger partial charge on any atom is -0.478 e. The molecular weight excluding hydrogens is 502 g/mol. The van der Waals surface area contributed by atoms with Crippen molar-refractivity contribution >= 4 is 23.9 Å². The number of fused-ring (bicyclic) bond motifs is 1. The zero-order chi connectivity index (χ0) is 28.2. The van der Waals surface area contributed by atoms with Gasteiger partial charge in [-0.05, 0) is 64.2 Å². The molecule has 11 nitrogen and oxygen atoms in total. The van der Waals surface area contributed by atoms with Gasteiger partial charge in [0, 0.05) is 31.6 Å². The average molecular weight is 538 g/mol. The number of aromatic carboxylic acids is 1. The van der Waals surface area contributed by atoms with Gasteiger partial charge in [-0.1, -0.05) is 12.1 Å². The zero-order valence-electron chi connectivity index (χ0n) is 22.7. The summed E-state index contributed by atoms with van der Waals surface area (Å²) in [4.78, 5) is 56.5. The molecular formula is C28H35N5O6. The first kappa shape index (κ1) is 26.9. The van der Waals surface area contributed by atoms with Gasteiger partial charge in [0.05, 0.1) is 23.7 Å². The molecule has 1 aromatic rings. The Hall–Kier alpha value is -3.65. The molecule has 1 aromatic carbocycles. The van der Waals surface area contributed by atoms with Gasteiger partial charge in [0.1, 0.15) is 17.7 Å². The predicted octanol–water partition coefficient (Wildman–Crippen LogP) is 1.99. The van der Waals surface area contributed by atoms with E-state index < -0.39 is 29.7 Å². The number of likely N-dealkylation sites (tertiary alicyclic amines) is 3. The number of nitrogens with one attached hydrogen (secondary N) is 1. The van der Waals surface area contributed by atoms with Gasteiger partial charge in [0.2, 0.25) is 11.8 Å². The van der Waals surface area contributed by atoms with E-state index >= 15 is 0 Å². The van der Waals surface area contributed by atoms with Crippen molar-refractivity contribution < 1.29 is 29.0 Å². The molecule has 0 spiro atoms. The van der Waals surface area contributed by atoms with E-state index in [0.717, 1.165) is 12.0 Å². The van der Waals surface area contributed by atoms with Gasteiger partial charge in [-0.3, -0.25) is 14.5 Å². The Kier molecular flexibility index (Phi) is 6.79. The lowest BCUT2D eigenvalue weighted by molar-refractivity contribution is -0.137. The SMILES string of the molecule is C[C@@H](c1ccc(C(=O)O)cc1)N1C(=O)[C@@H]2[C@H]3C(CN2C[C@H](NC(=O)OC(C)(C)C)C(=O)N2CCCC2C#N)C31. The fourth-order valence-electron chi connectivity index (χ4n) is 6.61. The maximum Gasteiger partial charge on any atom is 0.408 e. The van der Waals surface area contributed by atoms with Crippen LogP contribution in [0.25, 0.3) is 0 Å². The summed E-state index contributed by atoms with van der Waals surface area (Å²) >= 11 is 0. The molecule has 4 fully saturated rings. The Morgan fingerprint density at radius 3 is 2.54 bits per heavy atom. The third kappa shape index (κ3) is 4.93. The van der Waals surface area contributed by atoms with Crippen LogP contribution < -0.4 is 5.32 Å². The van der Waals surface area contributed by atoms with Crippen LogP contribution in [0.3, 0.4) is 0 Å². The topological polar surface area (TPSA) is 143 Å². The molecule has 3 aliphatic heterocycles. The van der Waals surface area contributed by atoms with Crippen molar-refractivity contribution in [1.82, 2.24) is 20.0 Å². The van der Waals surface area contributed by atoms with Crippen LogP contribution in [0.4, 0.5) is 4.79 Å². The Morgan fingerprint density at radius 1 is 1.23 bits per heavy atom. The molecule has 3 amide bonds. The number of carbonyl (C=O) groups excluding carboxylic acids is 3. The third-order valence-electron chi connectivity index (χ3n) is 8.37. The molecule has 1 aliphatic carbocycles. The molecule has 208 valence electrons. The number of piperidine rings is 2. The Morgan fingerprint density at radius 2 is 1.92 bits per heavy atom. The summed E-state index contributed by atoms with van der Waals surface area (Å²) < 4.78 is 5.42. The molecule has 11 heteroatoms. The lowest BCUT2D eigenvalue weighted by Crippen LogP contribution is -2.56. The number of carboxylic acids is 1. The normalized spacial score (nSPS) is 29.0. The van der Waals surface area contributed by atoms with Crippen LogP contribution in [0.1, 0.15) is 62.5 Å². The highest BCUT2D eigenvalue weighted by Gasteiger charge is 2.72. The molecule has 0 bridgehead atoms. The van der Waals surface area contributed by atoms with E-state index in [4.69, 9.17) is 4.74 Å². The second kappa shape index (κ2) is 9.83. The van der Waals surface area contributed by atoms with Crippen LogP contribution in [0.15, 0.2) is 24.3 Å². The Labute approximate surface area is 227 Å². The van der Waals surface area contributed by atoms with Crippen LogP contribution >= 0.6 is 0 Å². The summed E-state index contributed by atoms with van der Waals surface area (Å²) in [6, 6.07) is 6.79. The van der Waals surface area contributed by atoms with E-state index in [0.29, 0.717) is 19.5 Å². The molecule has 2 N–H and O–H groups in total.